The van der Waals surface area contributed by atoms with E-state index in [1.807, 2.05) is 20.8 Å². The lowest BCUT2D eigenvalue weighted by Gasteiger charge is -2.33. The number of hydrogen-bond donors (Lipinski definition) is 1. The summed E-state index contributed by atoms with van der Waals surface area (Å²) in [6.45, 7) is 6.06. The number of likely N-dealkylation sites (tertiary alicyclic amines) is 1. The maximum Gasteiger partial charge on any atom is 0.412 e. The zero-order valence-electron chi connectivity index (χ0n) is 9.12. The fourth-order valence-electron chi connectivity index (χ4n) is 1.45. The van der Waals surface area contributed by atoms with Crippen molar-refractivity contribution in [3.05, 3.63) is 0 Å². The third-order valence-corrected chi connectivity index (χ3v) is 2.10. The van der Waals surface area contributed by atoms with E-state index in [1.165, 1.54) is 4.90 Å². The van der Waals surface area contributed by atoms with Crippen molar-refractivity contribution in [1.82, 2.24) is 4.90 Å². The standard InChI is InChI=1S/C10H19NO3/c1-10(2,3)14-9(13)11-7-5-4-6-8(11)12/h8,12H,4-7H2,1-3H3/t8-/m0/s1. The van der Waals surface area contributed by atoms with Gasteiger partial charge >= 0.3 is 6.09 Å². The molecule has 4 nitrogen and oxygen atoms in total. The van der Waals surface area contributed by atoms with Crippen LogP contribution in [-0.4, -0.2) is 34.5 Å². The summed E-state index contributed by atoms with van der Waals surface area (Å²) >= 11 is 0. The molecule has 0 aromatic heterocycles. The van der Waals surface area contributed by atoms with Crippen LogP contribution in [0.15, 0.2) is 0 Å². The van der Waals surface area contributed by atoms with Crippen LogP contribution in [0.2, 0.25) is 0 Å². The number of nitrogens with zero attached hydrogens (tertiary/aromatic N) is 1. The van der Waals surface area contributed by atoms with E-state index >= 15 is 0 Å². The van der Waals surface area contributed by atoms with Crippen molar-refractivity contribution in [2.45, 2.75) is 51.9 Å². The van der Waals surface area contributed by atoms with Crippen LogP contribution >= 0.6 is 0 Å². The molecule has 0 radical (unpaired) electrons. The highest BCUT2D eigenvalue weighted by Crippen LogP contribution is 2.18. The van der Waals surface area contributed by atoms with Crippen molar-refractivity contribution < 1.29 is 14.6 Å². The molecule has 1 N–H and O–H groups in total. The molecule has 1 saturated heterocycles. The molecule has 1 heterocycles. The van der Waals surface area contributed by atoms with E-state index < -0.39 is 17.9 Å². The lowest BCUT2D eigenvalue weighted by atomic mass is 10.1. The van der Waals surface area contributed by atoms with E-state index in [-0.39, 0.29) is 0 Å². The van der Waals surface area contributed by atoms with Crippen LogP contribution in [0.5, 0.6) is 0 Å². The molecule has 0 bridgehead atoms. The summed E-state index contributed by atoms with van der Waals surface area (Å²) in [7, 11) is 0. The van der Waals surface area contributed by atoms with Gasteiger partial charge in [0.15, 0.2) is 0 Å². The lowest BCUT2D eigenvalue weighted by Crippen LogP contribution is -2.46. The summed E-state index contributed by atoms with van der Waals surface area (Å²) in [5, 5.41) is 9.56. The highest BCUT2D eigenvalue weighted by atomic mass is 16.6. The van der Waals surface area contributed by atoms with Gasteiger partial charge in [0, 0.05) is 6.54 Å². The van der Waals surface area contributed by atoms with Gasteiger partial charge in [-0.3, -0.25) is 4.90 Å². The topological polar surface area (TPSA) is 49.8 Å². The first-order chi connectivity index (χ1) is 6.40. The Hall–Kier alpha value is -0.770. The Morgan fingerprint density at radius 3 is 2.57 bits per heavy atom. The molecule has 14 heavy (non-hydrogen) atoms. The van der Waals surface area contributed by atoms with Gasteiger partial charge in [-0.2, -0.15) is 0 Å². The number of carbonyl (C=O) groups is 1. The Kier molecular flexibility index (Phi) is 3.37. The molecule has 1 rings (SSSR count). The van der Waals surface area contributed by atoms with Gasteiger partial charge < -0.3 is 9.84 Å². The third kappa shape index (κ3) is 3.18. The maximum absolute atomic E-state index is 11.6. The Balaban J connectivity index is 2.50. The largest absolute Gasteiger partial charge is 0.444 e. The molecule has 4 heteroatoms. The van der Waals surface area contributed by atoms with Crippen LogP contribution in [0, 0.1) is 0 Å². The smallest absolute Gasteiger partial charge is 0.412 e. The Bertz CT molecular complexity index is 210. The molecule has 0 spiro atoms. The highest BCUT2D eigenvalue weighted by molar-refractivity contribution is 5.68. The average molecular weight is 201 g/mol. The summed E-state index contributed by atoms with van der Waals surface area (Å²) in [5.41, 5.74) is -0.492. The van der Waals surface area contributed by atoms with Crippen LogP contribution in [0.4, 0.5) is 4.79 Å². The van der Waals surface area contributed by atoms with Crippen LogP contribution in [0.1, 0.15) is 40.0 Å². The molecule has 1 fully saturated rings. The number of aliphatic hydroxyl groups is 1. The van der Waals surface area contributed by atoms with Gasteiger partial charge in [0.2, 0.25) is 0 Å². The number of ether oxygens (including phenoxy) is 1. The minimum atomic E-state index is -0.668. The molecule has 0 aromatic carbocycles. The molecule has 0 aromatic rings. The van der Waals surface area contributed by atoms with Crippen molar-refractivity contribution in [3.8, 4) is 0 Å². The predicted molar refractivity (Wildman–Crippen MR) is 52.8 cm³/mol. The minimum absolute atomic E-state index is 0.412. The first-order valence-corrected chi connectivity index (χ1v) is 5.08. The average Bonchev–Trinajstić information content (AvgIpc) is 2.01. The second kappa shape index (κ2) is 4.17. The van der Waals surface area contributed by atoms with Gasteiger partial charge in [-0.15, -0.1) is 0 Å². The van der Waals surface area contributed by atoms with Gasteiger partial charge in [-0.05, 0) is 40.0 Å². The zero-order chi connectivity index (χ0) is 10.8. The summed E-state index contributed by atoms with van der Waals surface area (Å²) in [6.07, 6.45) is 1.49. The van der Waals surface area contributed by atoms with Crippen molar-refractivity contribution in [2.24, 2.45) is 0 Å². The second-order valence-corrected chi connectivity index (χ2v) is 4.65. The zero-order valence-corrected chi connectivity index (χ0v) is 9.12. The predicted octanol–water partition coefficient (Wildman–Crippen LogP) is 1.73. The van der Waals surface area contributed by atoms with Crippen LogP contribution in [0.3, 0.4) is 0 Å². The minimum Gasteiger partial charge on any atom is -0.444 e. The maximum atomic E-state index is 11.6. The fraction of sp³-hybridized carbons (Fsp3) is 0.900. The lowest BCUT2D eigenvalue weighted by molar-refractivity contribution is -0.0450. The number of amides is 1. The number of carbonyl (C=O) groups excluding carboxylic acids is 1. The van der Waals surface area contributed by atoms with E-state index in [4.69, 9.17) is 4.74 Å². The SMILES string of the molecule is CC(C)(C)OC(=O)N1CCCC[C@@H]1O. The van der Waals surface area contributed by atoms with Gasteiger partial charge in [0.05, 0.1) is 0 Å². The van der Waals surface area contributed by atoms with Crippen molar-refractivity contribution in [2.75, 3.05) is 6.54 Å². The monoisotopic (exact) mass is 201 g/mol. The molecular weight excluding hydrogens is 182 g/mol. The number of aliphatic hydroxyl groups excluding tert-OH is 1. The number of hydrogen-bond acceptors (Lipinski definition) is 3. The van der Waals surface area contributed by atoms with Crippen LogP contribution in [0.25, 0.3) is 0 Å². The Morgan fingerprint density at radius 1 is 1.43 bits per heavy atom. The van der Waals surface area contributed by atoms with Gasteiger partial charge in [-0.1, -0.05) is 0 Å². The second-order valence-electron chi connectivity index (χ2n) is 4.65. The summed E-state index contributed by atoms with van der Waals surface area (Å²) < 4.78 is 5.17. The third-order valence-electron chi connectivity index (χ3n) is 2.10. The van der Waals surface area contributed by atoms with E-state index in [0.717, 1.165) is 12.8 Å². The molecule has 1 aliphatic rings. The highest BCUT2D eigenvalue weighted by Gasteiger charge is 2.28. The Morgan fingerprint density at radius 2 is 2.07 bits per heavy atom. The van der Waals surface area contributed by atoms with Crippen molar-refractivity contribution in [1.29, 1.82) is 0 Å². The van der Waals surface area contributed by atoms with Gasteiger partial charge in [-0.25, -0.2) is 4.79 Å². The molecule has 1 atom stereocenters. The van der Waals surface area contributed by atoms with Crippen LogP contribution in [-0.2, 0) is 4.74 Å². The van der Waals surface area contributed by atoms with E-state index in [9.17, 15) is 9.90 Å². The molecule has 0 aliphatic carbocycles. The molecular formula is C10H19NO3. The van der Waals surface area contributed by atoms with E-state index in [2.05, 4.69) is 0 Å². The number of piperidine rings is 1. The summed E-state index contributed by atoms with van der Waals surface area (Å²) in [4.78, 5) is 13.0. The van der Waals surface area contributed by atoms with Gasteiger partial charge in [0.25, 0.3) is 0 Å². The first-order valence-electron chi connectivity index (χ1n) is 5.08. The quantitative estimate of drug-likeness (QED) is 0.649. The Labute approximate surface area is 84.8 Å². The van der Waals surface area contributed by atoms with Crippen molar-refractivity contribution >= 4 is 6.09 Å². The molecule has 82 valence electrons. The molecule has 1 amide bonds. The molecule has 0 unspecified atom stereocenters. The summed E-state index contributed by atoms with van der Waals surface area (Å²) in [6, 6.07) is 0. The fourth-order valence-corrected chi connectivity index (χ4v) is 1.45. The number of rotatable bonds is 0. The van der Waals surface area contributed by atoms with E-state index in [1.54, 1.807) is 0 Å². The van der Waals surface area contributed by atoms with Crippen LogP contribution < -0.4 is 0 Å². The summed E-state index contributed by atoms with van der Waals surface area (Å²) in [5.74, 6) is 0. The van der Waals surface area contributed by atoms with E-state index in [0.29, 0.717) is 13.0 Å². The normalized spacial score (nSPS) is 23.4. The molecule has 1 aliphatic heterocycles. The first kappa shape index (κ1) is 11.3. The molecule has 0 saturated carbocycles. The van der Waals surface area contributed by atoms with Crippen molar-refractivity contribution in [3.63, 3.8) is 0 Å². The van der Waals surface area contributed by atoms with Gasteiger partial charge in [0.1, 0.15) is 11.8 Å².